The maximum Gasteiger partial charge on any atom is 0.243 e. The van der Waals surface area contributed by atoms with Crippen molar-refractivity contribution in [3.05, 3.63) is 35.4 Å². The standard InChI is InChI=1S/C19H29N3O2.ClH/c1-13(2)8-18(23)22-12-16-7-5-4-6-15(16)9-17(22)19(24)21-11-14(3)10-20;/h4-7,13-14,17H,8-12,20H2,1-3H3,(H,21,24);1H. The second kappa shape index (κ2) is 9.78. The van der Waals surface area contributed by atoms with Crippen molar-refractivity contribution < 1.29 is 9.59 Å². The highest BCUT2D eigenvalue weighted by Gasteiger charge is 2.34. The van der Waals surface area contributed by atoms with Crippen molar-refractivity contribution >= 4 is 24.2 Å². The second-order valence-corrected chi connectivity index (χ2v) is 7.19. The Kier molecular flexibility index (Phi) is 8.39. The highest BCUT2D eigenvalue weighted by Crippen LogP contribution is 2.25. The van der Waals surface area contributed by atoms with Gasteiger partial charge in [0.1, 0.15) is 6.04 Å². The van der Waals surface area contributed by atoms with Gasteiger partial charge in [-0.3, -0.25) is 9.59 Å². The number of benzene rings is 1. The van der Waals surface area contributed by atoms with Crippen LogP contribution in [0.4, 0.5) is 0 Å². The first-order valence-corrected chi connectivity index (χ1v) is 8.76. The van der Waals surface area contributed by atoms with E-state index in [0.717, 1.165) is 11.1 Å². The van der Waals surface area contributed by atoms with Crippen molar-refractivity contribution in [1.82, 2.24) is 10.2 Å². The molecule has 0 spiro atoms. The van der Waals surface area contributed by atoms with Gasteiger partial charge in [-0.15, -0.1) is 12.4 Å². The Hall–Kier alpha value is -1.59. The van der Waals surface area contributed by atoms with Gasteiger partial charge in [-0.25, -0.2) is 0 Å². The van der Waals surface area contributed by atoms with E-state index in [1.165, 1.54) is 0 Å². The maximum absolute atomic E-state index is 12.7. The number of nitrogens with two attached hydrogens (primary N) is 1. The van der Waals surface area contributed by atoms with Crippen LogP contribution in [0.1, 0.15) is 38.3 Å². The van der Waals surface area contributed by atoms with E-state index in [0.29, 0.717) is 32.5 Å². The number of hydrogen-bond acceptors (Lipinski definition) is 3. The molecule has 0 saturated carbocycles. The summed E-state index contributed by atoms with van der Waals surface area (Å²) in [4.78, 5) is 27.1. The van der Waals surface area contributed by atoms with Crippen molar-refractivity contribution in [2.75, 3.05) is 13.1 Å². The molecule has 0 aromatic heterocycles. The fourth-order valence-corrected chi connectivity index (χ4v) is 2.96. The maximum atomic E-state index is 12.7. The van der Waals surface area contributed by atoms with Gasteiger partial charge in [-0.2, -0.15) is 0 Å². The molecule has 25 heavy (non-hydrogen) atoms. The molecule has 0 radical (unpaired) electrons. The van der Waals surface area contributed by atoms with E-state index in [1.807, 2.05) is 45.0 Å². The quantitative estimate of drug-likeness (QED) is 0.808. The predicted molar refractivity (Wildman–Crippen MR) is 102 cm³/mol. The van der Waals surface area contributed by atoms with E-state index in [1.54, 1.807) is 4.90 Å². The number of fused-ring (bicyclic) bond motifs is 1. The molecule has 140 valence electrons. The van der Waals surface area contributed by atoms with Crippen LogP contribution >= 0.6 is 12.4 Å². The van der Waals surface area contributed by atoms with Gasteiger partial charge in [0, 0.05) is 25.9 Å². The molecule has 1 aliphatic rings. The zero-order valence-electron chi connectivity index (χ0n) is 15.3. The van der Waals surface area contributed by atoms with Crippen LogP contribution in [0.2, 0.25) is 0 Å². The summed E-state index contributed by atoms with van der Waals surface area (Å²) in [6, 6.07) is 7.61. The van der Waals surface area contributed by atoms with Gasteiger partial charge in [0.05, 0.1) is 0 Å². The molecule has 0 aliphatic carbocycles. The molecule has 2 atom stereocenters. The number of halogens is 1. The van der Waals surface area contributed by atoms with Crippen LogP contribution in [0, 0.1) is 11.8 Å². The van der Waals surface area contributed by atoms with Gasteiger partial charge < -0.3 is 16.0 Å². The lowest BCUT2D eigenvalue weighted by Gasteiger charge is -2.36. The number of nitrogens with one attached hydrogen (secondary N) is 1. The number of rotatable bonds is 6. The van der Waals surface area contributed by atoms with Gasteiger partial charge in [0.25, 0.3) is 0 Å². The van der Waals surface area contributed by atoms with E-state index >= 15 is 0 Å². The van der Waals surface area contributed by atoms with Crippen molar-refractivity contribution in [3.8, 4) is 0 Å². The summed E-state index contributed by atoms with van der Waals surface area (Å²) in [5.41, 5.74) is 7.90. The van der Waals surface area contributed by atoms with Crippen LogP contribution in [0.25, 0.3) is 0 Å². The molecule has 1 aromatic rings. The van der Waals surface area contributed by atoms with Crippen molar-refractivity contribution in [1.29, 1.82) is 0 Å². The van der Waals surface area contributed by atoms with Gasteiger partial charge in [0.15, 0.2) is 0 Å². The Morgan fingerprint density at radius 3 is 2.48 bits per heavy atom. The minimum absolute atomic E-state index is 0. The number of amides is 2. The third-order valence-electron chi connectivity index (χ3n) is 4.48. The number of carbonyl (C=O) groups excluding carboxylic acids is 2. The normalized spacial score (nSPS) is 17.5. The Morgan fingerprint density at radius 2 is 1.88 bits per heavy atom. The van der Waals surface area contributed by atoms with E-state index in [-0.39, 0.29) is 36.1 Å². The topological polar surface area (TPSA) is 75.4 Å². The van der Waals surface area contributed by atoms with Crippen LogP contribution in [0.5, 0.6) is 0 Å². The van der Waals surface area contributed by atoms with E-state index in [2.05, 4.69) is 5.32 Å². The molecule has 2 amide bonds. The van der Waals surface area contributed by atoms with Crippen molar-refractivity contribution in [3.63, 3.8) is 0 Å². The molecular formula is C19H30ClN3O2. The molecule has 2 rings (SSSR count). The highest BCUT2D eigenvalue weighted by molar-refractivity contribution is 5.88. The molecule has 1 aliphatic heterocycles. The zero-order chi connectivity index (χ0) is 17.7. The summed E-state index contributed by atoms with van der Waals surface area (Å²) < 4.78 is 0. The van der Waals surface area contributed by atoms with E-state index in [9.17, 15) is 9.59 Å². The van der Waals surface area contributed by atoms with Crippen LogP contribution in [0.15, 0.2) is 24.3 Å². The smallest absolute Gasteiger partial charge is 0.243 e. The Morgan fingerprint density at radius 1 is 1.24 bits per heavy atom. The largest absolute Gasteiger partial charge is 0.354 e. The number of carbonyl (C=O) groups is 2. The molecule has 5 nitrogen and oxygen atoms in total. The molecular weight excluding hydrogens is 338 g/mol. The van der Waals surface area contributed by atoms with Gasteiger partial charge in [-0.1, -0.05) is 45.0 Å². The SMILES string of the molecule is CC(C)CC(=O)N1Cc2ccccc2CC1C(=O)NCC(C)CN.Cl. The summed E-state index contributed by atoms with van der Waals surface area (Å²) in [5.74, 6) is 0.466. The van der Waals surface area contributed by atoms with Crippen molar-refractivity contribution in [2.45, 2.75) is 46.2 Å². The molecule has 0 fully saturated rings. The van der Waals surface area contributed by atoms with E-state index < -0.39 is 6.04 Å². The van der Waals surface area contributed by atoms with Gasteiger partial charge in [-0.05, 0) is 29.5 Å². The first kappa shape index (κ1) is 21.5. The molecule has 1 aromatic carbocycles. The predicted octanol–water partition coefficient (Wildman–Crippen LogP) is 2.12. The van der Waals surface area contributed by atoms with Gasteiger partial charge >= 0.3 is 0 Å². The lowest BCUT2D eigenvalue weighted by Crippen LogP contribution is -2.53. The van der Waals surface area contributed by atoms with E-state index in [4.69, 9.17) is 5.73 Å². The lowest BCUT2D eigenvalue weighted by atomic mass is 9.92. The summed E-state index contributed by atoms with van der Waals surface area (Å²) in [7, 11) is 0. The summed E-state index contributed by atoms with van der Waals surface area (Å²) in [5, 5.41) is 2.96. The average molecular weight is 368 g/mol. The number of nitrogens with zero attached hydrogens (tertiary/aromatic N) is 1. The van der Waals surface area contributed by atoms with Crippen molar-refractivity contribution in [2.24, 2.45) is 17.6 Å². The average Bonchev–Trinajstić information content (AvgIpc) is 2.57. The molecule has 2 unspecified atom stereocenters. The lowest BCUT2D eigenvalue weighted by molar-refractivity contribution is -0.142. The third-order valence-corrected chi connectivity index (χ3v) is 4.48. The molecule has 3 N–H and O–H groups in total. The molecule has 0 saturated heterocycles. The zero-order valence-corrected chi connectivity index (χ0v) is 16.1. The summed E-state index contributed by atoms with van der Waals surface area (Å²) >= 11 is 0. The van der Waals surface area contributed by atoms with Gasteiger partial charge in [0.2, 0.25) is 11.8 Å². The minimum Gasteiger partial charge on any atom is -0.354 e. The third kappa shape index (κ3) is 5.72. The Bertz CT molecular complexity index is 592. The van der Waals surface area contributed by atoms with Crippen LogP contribution in [0.3, 0.4) is 0 Å². The fourth-order valence-electron chi connectivity index (χ4n) is 2.96. The van der Waals surface area contributed by atoms with Crippen LogP contribution < -0.4 is 11.1 Å². The second-order valence-electron chi connectivity index (χ2n) is 7.19. The molecule has 0 bridgehead atoms. The highest BCUT2D eigenvalue weighted by atomic mass is 35.5. The first-order valence-electron chi connectivity index (χ1n) is 8.76. The van der Waals surface area contributed by atoms with Crippen LogP contribution in [-0.2, 0) is 22.6 Å². The molecule has 6 heteroatoms. The first-order chi connectivity index (χ1) is 11.4. The summed E-state index contributed by atoms with van der Waals surface area (Å²) in [6.07, 6.45) is 1.04. The summed E-state index contributed by atoms with van der Waals surface area (Å²) in [6.45, 7) is 7.62. The Labute approximate surface area is 156 Å². The Balaban J connectivity index is 0.00000312. The van der Waals surface area contributed by atoms with Crippen LogP contribution in [-0.4, -0.2) is 35.8 Å². The molecule has 1 heterocycles. The minimum atomic E-state index is -0.434. The fraction of sp³-hybridized carbons (Fsp3) is 0.579. The monoisotopic (exact) mass is 367 g/mol. The number of hydrogen-bond donors (Lipinski definition) is 2.